The van der Waals surface area contributed by atoms with Gasteiger partial charge in [-0.25, -0.2) is 8.42 Å². The lowest BCUT2D eigenvalue weighted by Gasteiger charge is -2.38. The molecule has 0 saturated carbocycles. The van der Waals surface area contributed by atoms with E-state index in [0.717, 1.165) is 11.3 Å². The molecular formula is C19H22N4O3S. The highest BCUT2D eigenvalue weighted by atomic mass is 32.2. The molecule has 7 nitrogen and oxygen atoms in total. The number of carbonyl (C=O) groups is 1. The molecule has 0 spiro atoms. The number of amides is 1. The Kier molecular flexibility index (Phi) is 4.53. The van der Waals surface area contributed by atoms with Crippen LogP contribution in [0, 0.1) is 6.92 Å². The third-order valence-corrected chi connectivity index (χ3v) is 6.44. The van der Waals surface area contributed by atoms with Crippen molar-refractivity contribution in [2.45, 2.75) is 18.0 Å². The Hall–Kier alpha value is -2.58. The van der Waals surface area contributed by atoms with E-state index in [-0.39, 0.29) is 10.8 Å². The minimum Gasteiger partial charge on any atom is -0.368 e. The molecule has 1 unspecified atom stereocenters. The van der Waals surface area contributed by atoms with Gasteiger partial charge in [-0.2, -0.15) is 4.72 Å². The van der Waals surface area contributed by atoms with E-state index in [1.165, 1.54) is 0 Å². The highest BCUT2D eigenvalue weighted by molar-refractivity contribution is 7.89. The maximum atomic E-state index is 12.9. The van der Waals surface area contributed by atoms with Gasteiger partial charge in [0.15, 0.2) is 6.17 Å². The first-order valence-electron chi connectivity index (χ1n) is 8.92. The Balaban J connectivity index is 1.46. The van der Waals surface area contributed by atoms with Gasteiger partial charge in [-0.1, -0.05) is 24.3 Å². The molecule has 0 bridgehead atoms. The van der Waals surface area contributed by atoms with Gasteiger partial charge in [0.05, 0.1) is 5.69 Å². The summed E-state index contributed by atoms with van der Waals surface area (Å²) in [6.07, 6.45) is -0.979. The number of carbonyl (C=O) groups excluding carboxylic acids is 1. The fourth-order valence-corrected chi connectivity index (χ4v) is 4.76. The van der Waals surface area contributed by atoms with E-state index in [0.29, 0.717) is 31.9 Å². The Bertz CT molecular complexity index is 954. The van der Waals surface area contributed by atoms with Gasteiger partial charge >= 0.3 is 0 Å². The highest BCUT2D eigenvalue weighted by Crippen LogP contribution is 2.27. The first kappa shape index (κ1) is 17.8. The maximum absolute atomic E-state index is 12.9. The van der Waals surface area contributed by atoms with Gasteiger partial charge < -0.3 is 15.1 Å². The van der Waals surface area contributed by atoms with Crippen molar-refractivity contribution in [3.05, 3.63) is 54.1 Å². The summed E-state index contributed by atoms with van der Waals surface area (Å²) in [5.41, 5.74) is 2.53. The minimum absolute atomic E-state index is 0.172. The van der Waals surface area contributed by atoms with Gasteiger partial charge in [-0.05, 0) is 36.8 Å². The number of hydrogen-bond donors (Lipinski definition) is 2. The first-order valence-corrected chi connectivity index (χ1v) is 10.4. The largest absolute Gasteiger partial charge is 0.368 e. The predicted octanol–water partition coefficient (Wildman–Crippen LogP) is 1.37. The monoisotopic (exact) mass is 386 g/mol. The number of benzene rings is 2. The Morgan fingerprint density at radius 2 is 1.74 bits per heavy atom. The molecule has 1 amide bonds. The molecule has 27 heavy (non-hydrogen) atoms. The van der Waals surface area contributed by atoms with Crippen LogP contribution in [-0.2, 0) is 14.8 Å². The number of hydrogen-bond acceptors (Lipinski definition) is 5. The molecule has 2 aliphatic rings. The molecule has 2 aromatic carbocycles. The first-order chi connectivity index (χ1) is 12.9. The summed E-state index contributed by atoms with van der Waals surface area (Å²) in [5.74, 6) is -0.251. The molecule has 2 aromatic rings. The van der Waals surface area contributed by atoms with E-state index in [9.17, 15) is 13.2 Å². The van der Waals surface area contributed by atoms with Crippen molar-refractivity contribution < 1.29 is 13.2 Å². The molecule has 1 atom stereocenters. The standard InChI is InChI=1S/C19H22N4O3S/c1-14-7-8-17-16(13-14)20-18(21-27(17,25)26)19(24)23-11-9-22(10-12-23)15-5-3-2-4-6-15/h2-8,13,18,20-21H,9-12H2,1H3. The smallest absolute Gasteiger partial charge is 0.261 e. The van der Waals surface area contributed by atoms with Gasteiger partial charge in [-0.3, -0.25) is 4.79 Å². The second kappa shape index (κ2) is 6.86. The Morgan fingerprint density at radius 1 is 1.04 bits per heavy atom. The van der Waals surface area contributed by atoms with E-state index in [4.69, 9.17) is 0 Å². The second-order valence-corrected chi connectivity index (χ2v) is 8.53. The number of rotatable bonds is 2. The van der Waals surface area contributed by atoms with Crippen molar-refractivity contribution in [3.63, 3.8) is 0 Å². The summed E-state index contributed by atoms with van der Waals surface area (Å²) < 4.78 is 27.4. The number of piperazine rings is 1. The molecule has 8 heteroatoms. The lowest BCUT2D eigenvalue weighted by Crippen LogP contribution is -2.58. The molecule has 0 aromatic heterocycles. The fraction of sp³-hybridized carbons (Fsp3) is 0.316. The Morgan fingerprint density at radius 3 is 2.44 bits per heavy atom. The van der Waals surface area contributed by atoms with Crippen LogP contribution in [0.1, 0.15) is 5.56 Å². The van der Waals surface area contributed by atoms with Crippen LogP contribution in [0.3, 0.4) is 0 Å². The number of para-hydroxylation sites is 1. The lowest BCUT2D eigenvalue weighted by atomic mass is 10.2. The molecule has 1 saturated heterocycles. The van der Waals surface area contributed by atoms with Crippen LogP contribution in [-0.4, -0.2) is 51.6 Å². The summed E-state index contributed by atoms with van der Waals surface area (Å²) in [5, 5.41) is 3.04. The van der Waals surface area contributed by atoms with Crippen molar-refractivity contribution in [2.24, 2.45) is 0 Å². The van der Waals surface area contributed by atoms with Crippen molar-refractivity contribution in [2.75, 3.05) is 36.4 Å². The molecule has 0 radical (unpaired) electrons. The van der Waals surface area contributed by atoms with E-state index >= 15 is 0 Å². The van der Waals surface area contributed by atoms with Crippen molar-refractivity contribution in [1.82, 2.24) is 9.62 Å². The highest BCUT2D eigenvalue weighted by Gasteiger charge is 2.36. The quantitative estimate of drug-likeness (QED) is 0.815. The number of fused-ring (bicyclic) bond motifs is 1. The van der Waals surface area contributed by atoms with Crippen LogP contribution in [0.2, 0.25) is 0 Å². The third kappa shape index (κ3) is 3.50. The Labute approximate surface area is 159 Å². The molecule has 2 aliphatic heterocycles. The number of nitrogens with one attached hydrogen (secondary N) is 2. The van der Waals surface area contributed by atoms with Crippen molar-refractivity contribution in [3.8, 4) is 0 Å². The fourth-order valence-electron chi connectivity index (χ4n) is 3.51. The summed E-state index contributed by atoms with van der Waals surface area (Å²) in [7, 11) is -3.72. The predicted molar refractivity (Wildman–Crippen MR) is 104 cm³/mol. The maximum Gasteiger partial charge on any atom is 0.261 e. The minimum atomic E-state index is -3.72. The summed E-state index contributed by atoms with van der Waals surface area (Å²) in [6, 6.07) is 15.1. The van der Waals surface area contributed by atoms with Gasteiger partial charge in [-0.15, -0.1) is 0 Å². The average Bonchev–Trinajstić information content (AvgIpc) is 2.67. The SMILES string of the molecule is Cc1ccc2c(c1)NC(C(=O)N1CCN(c3ccccc3)CC1)NS2(=O)=O. The van der Waals surface area contributed by atoms with Crippen LogP contribution >= 0.6 is 0 Å². The molecule has 0 aliphatic carbocycles. The normalized spacial score (nSPS) is 21.3. The second-order valence-electron chi connectivity index (χ2n) is 6.85. The number of sulfonamides is 1. The van der Waals surface area contributed by atoms with Gasteiger partial charge in [0.25, 0.3) is 5.91 Å². The number of anilines is 2. The van der Waals surface area contributed by atoms with Crippen LogP contribution in [0.25, 0.3) is 0 Å². The van der Waals surface area contributed by atoms with E-state index in [1.54, 1.807) is 23.1 Å². The van der Waals surface area contributed by atoms with Gasteiger partial charge in [0.2, 0.25) is 10.0 Å². The van der Waals surface area contributed by atoms with Crippen LogP contribution < -0.4 is 14.9 Å². The van der Waals surface area contributed by atoms with Crippen LogP contribution in [0.15, 0.2) is 53.4 Å². The molecule has 4 rings (SSSR count). The third-order valence-electron chi connectivity index (χ3n) is 4.96. The van der Waals surface area contributed by atoms with Crippen molar-refractivity contribution in [1.29, 1.82) is 0 Å². The summed E-state index contributed by atoms with van der Waals surface area (Å²) >= 11 is 0. The molecule has 1 fully saturated rings. The molecule has 2 heterocycles. The summed E-state index contributed by atoms with van der Waals surface area (Å²) in [4.78, 5) is 17.0. The molecule has 142 valence electrons. The number of aryl methyl sites for hydroxylation is 1. The number of nitrogens with zero attached hydrogens (tertiary/aromatic N) is 2. The van der Waals surface area contributed by atoms with Crippen LogP contribution in [0.5, 0.6) is 0 Å². The molecular weight excluding hydrogens is 364 g/mol. The van der Waals surface area contributed by atoms with E-state index in [2.05, 4.69) is 14.9 Å². The lowest BCUT2D eigenvalue weighted by molar-refractivity contribution is -0.132. The van der Waals surface area contributed by atoms with Crippen molar-refractivity contribution >= 4 is 27.3 Å². The summed E-state index contributed by atoms with van der Waals surface area (Å²) in [6.45, 7) is 4.41. The van der Waals surface area contributed by atoms with E-state index < -0.39 is 16.2 Å². The zero-order valence-electron chi connectivity index (χ0n) is 15.1. The van der Waals surface area contributed by atoms with Crippen LogP contribution in [0.4, 0.5) is 11.4 Å². The zero-order chi connectivity index (χ0) is 19.0. The average molecular weight is 386 g/mol. The van der Waals surface area contributed by atoms with Gasteiger partial charge in [0.1, 0.15) is 4.90 Å². The molecule has 2 N–H and O–H groups in total. The topological polar surface area (TPSA) is 81.8 Å². The zero-order valence-corrected chi connectivity index (χ0v) is 15.9. The van der Waals surface area contributed by atoms with E-state index in [1.807, 2.05) is 37.3 Å². The van der Waals surface area contributed by atoms with Gasteiger partial charge in [0, 0.05) is 31.9 Å².